The van der Waals surface area contributed by atoms with Crippen LogP contribution in [0.4, 0.5) is 0 Å². The van der Waals surface area contributed by atoms with Crippen LogP contribution in [0.5, 0.6) is 5.75 Å². The Balaban J connectivity index is 1.73. The summed E-state index contributed by atoms with van der Waals surface area (Å²) in [6.07, 6.45) is 5.61. The van der Waals surface area contributed by atoms with Crippen LogP contribution < -0.4 is 15.4 Å². The molecular formula is C17H24ClN5O. The van der Waals surface area contributed by atoms with Gasteiger partial charge in [-0.25, -0.2) is 0 Å². The first-order valence-electron chi connectivity index (χ1n) is 7.87. The summed E-state index contributed by atoms with van der Waals surface area (Å²) < 4.78 is 6.96. The molecule has 1 aromatic carbocycles. The third kappa shape index (κ3) is 5.45. The second-order valence-electron chi connectivity index (χ2n) is 5.41. The molecule has 1 aromatic heterocycles. The van der Waals surface area contributed by atoms with Crippen molar-refractivity contribution in [3.05, 3.63) is 46.7 Å². The number of ether oxygens (including phenoxy) is 1. The van der Waals surface area contributed by atoms with E-state index in [2.05, 4.69) is 20.7 Å². The van der Waals surface area contributed by atoms with Crippen molar-refractivity contribution in [2.45, 2.75) is 12.8 Å². The highest BCUT2D eigenvalue weighted by atomic mass is 35.5. The molecule has 0 saturated carbocycles. The molecule has 7 heteroatoms. The molecule has 0 radical (unpaired) electrons. The molecule has 2 rings (SSSR count). The topological polar surface area (TPSA) is 63.5 Å². The predicted molar refractivity (Wildman–Crippen MR) is 98.0 cm³/mol. The number of aliphatic imine (C=N–C) groups is 1. The molecule has 0 aliphatic rings. The Morgan fingerprint density at radius 1 is 1.29 bits per heavy atom. The number of aryl methyl sites for hydroxylation is 1. The summed E-state index contributed by atoms with van der Waals surface area (Å²) in [5.41, 5.74) is 2.28. The minimum absolute atomic E-state index is 0.718. The highest BCUT2D eigenvalue weighted by molar-refractivity contribution is 6.31. The summed E-state index contributed by atoms with van der Waals surface area (Å²) in [5.74, 6) is 1.55. The largest absolute Gasteiger partial charge is 0.497 e. The highest BCUT2D eigenvalue weighted by Gasteiger charge is 2.04. The van der Waals surface area contributed by atoms with E-state index in [4.69, 9.17) is 16.3 Å². The van der Waals surface area contributed by atoms with E-state index in [0.717, 1.165) is 48.2 Å². The first-order valence-corrected chi connectivity index (χ1v) is 8.24. The molecule has 24 heavy (non-hydrogen) atoms. The molecule has 1 heterocycles. The second-order valence-corrected chi connectivity index (χ2v) is 5.81. The highest BCUT2D eigenvalue weighted by Crippen LogP contribution is 2.22. The molecule has 0 atom stereocenters. The number of benzene rings is 1. The van der Waals surface area contributed by atoms with Gasteiger partial charge >= 0.3 is 0 Å². The lowest BCUT2D eigenvalue weighted by Gasteiger charge is -2.12. The van der Waals surface area contributed by atoms with Crippen molar-refractivity contribution in [1.29, 1.82) is 0 Å². The van der Waals surface area contributed by atoms with Gasteiger partial charge in [-0.2, -0.15) is 5.10 Å². The van der Waals surface area contributed by atoms with Gasteiger partial charge in [-0.3, -0.25) is 9.67 Å². The molecule has 0 spiro atoms. The van der Waals surface area contributed by atoms with Crippen LogP contribution in [0.15, 0.2) is 35.6 Å². The average molecular weight is 350 g/mol. The molecule has 0 aliphatic heterocycles. The Bertz CT molecular complexity index is 683. The van der Waals surface area contributed by atoms with Crippen molar-refractivity contribution in [1.82, 2.24) is 20.4 Å². The van der Waals surface area contributed by atoms with E-state index >= 15 is 0 Å². The van der Waals surface area contributed by atoms with Crippen LogP contribution in [-0.4, -0.2) is 43.0 Å². The van der Waals surface area contributed by atoms with Gasteiger partial charge in [-0.15, -0.1) is 0 Å². The van der Waals surface area contributed by atoms with E-state index in [1.165, 1.54) is 5.56 Å². The zero-order valence-electron chi connectivity index (χ0n) is 14.3. The van der Waals surface area contributed by atoms with Gasteiger partial charge in [0.25, 0.3) is 0 Å². The molecule has 130 valence electrons. The lowest BCUT2D eigenvalue weighted by atomic mass is 10.1. The number of guanidine groups is 1. The second kappa shape index (κ2) is 9.17. The summed E-state index contributed by atoms with van der Waals surface area (Å²) in [6, 6.07) is 5.74. The van der Waals surface area contributed by atoms with E-state index < -0.39 is 0 Å². The van der Waals surface area contributed by atoms with Crippen molar-refractivity contribution in [2.75, 3.05) is 27.2 Å². The maximum Gasteiger partial charge on any atom is 0.190 e. The van der Waals surface area contributed by atoms with E-state index in [9.17, 15) is 0 Å². The number of aromatic nitrogens is 2. The standard InChI is InChI=1S/C17H24ClN5O/c1-19-17(20-8-6-13-11-22-23(2)12-13)21-9-7-14-4-5-15(24-3)10-16(14)18/h4-5,10-12H,6-9H2,1-3H3,(H2,19,20,21). The summed E-state index contributed by atoms with van der Waals surface area (Å²) >= 11 is 6.25. The fraction of sp³-hybridized carbons (Fsp3) is 0.412. The van der Waals surface area contributed by atoms with Crippen molar-refractivity contribution in [3.63, 3.8) is 0 Å². The zero-order chi connectivity index (χ0) is 17.4. The average Bonchev–Trinajstić information content (AvgIpc) is 3.00. The smallest absolute Gasteiger partial charge is 0.190 e. The Morgan fingerprint density at radius 3 is 2.62 bits per heavy atom. The van der Waals surface area contributed by atoms with E-state index in [-0.39, 0.29) is 0 Å². The molecule has 2 aromatic rings. The SMILES string of the molecule is CN=C(NCCc1cnn(C)c1)NCCc1ccc(OC)cc1Cl. The third-order valence-electron chi connectivity index (χ3n) is 3.64. The molecule has 0 unspecified atom stereocenters. The van der Waals surface area contributed by atoms with E-state index in [0.29, 0.717) is 0 Å². The van der Waals surface area contributed by atoms with E-state index in [1.54, 1.807) is 18.8 Å². The lowest BCUT2D eigenvalue weighted by Crippen LogP contribution is -2.39. The summed E-state index contributed by atoms with van der Waals surface area (Å²) in [6.45, 7) is 1.55. The maximum absolute atomic E-state index is 6.25. The predicted octanol–water partition coefficient (Wildman–Crippen LogP) is 2.03. The molecule has 0 aliphatic carbocycles. The maximum atomic E-state index is 6.25. The third-order valence-corrected chi connectivity index (χ3v) is 3.99. The van der Waals surface area contributed by atoms with Gasteiger partial charge < -0.3 is 15.4 Å². The van der Waals surface area contributed by atoms with Crippen molar-refractivity contribution in [3.8, 4) is 5.75 Å². The molecule has 0 amide bonds. The fourth-order valence-electron chi connectivity index (χ4n) is 2.32. The first-order chi connectivity index (χ1) is 11.6. The van der Waals surface area contributed by atoms with E-state index in [1.807, 2.05) is 37.6 Å². The molecule has 0 saturated heterocycles. The molecule has 6 nitrogen and oxygen atoms in total. The van der Waals surface area contributed by atoms with Crippen LogP contribution in [0.1, 0.15) is 11.1 Å². The van der Waals surface area contributed by atoms with Crippen molar-refractivity contribution < 1.29 is 4.74 Å². The number of hydrogen-bond donors (Lipinski definition) is 2. The number of rotatable bonds is 7. The Hall–Kier alpha value is -2.21. The van der Waals surface area contributed by atoms with Crippen LogP contribution in [0, 0.1) is 0 Å². The molecular weight excluding hydrogens is 326 g/mol. The quantitative estimate of drug-likeness (QED) is 0.593. The van der Waals surface area contributed by atoms with Gasteiger partial charge in [0.05, 0.1) is 13.3 Å². The Labute approximate surface area is 147 Å². The fourth-order valence-corrected chi connectivity index (χ4v) is 2.59. The van der Waals surface area contributed by atoms with Crippen LogP contribution in [0.2, 0.25) is 5.02 Å². The van der Waals surface area contributed by atoms with Gasteiger partial charge in [0.1, 0.15) is 5.75 Å². The van der Waals surface area contributed by atoms with Crippen molar-refractivity contribution in [2.24, 2.45) is 12.0 Å². The molecule has 0 fully saturated rings. The monoisotopic (exact) mass is 349 g/mol. The normalized spacial score (nSPS) is 11.4. The van der Waals surface area contributed by atoms with Gasteiger partial charge in [0.2, 0.25) is 0 Å². The van der Waals surface area contributed by atoms with Gasteiger partial charge in [-0.05, 0) is 36.1 Å². The summed E-state index contributed by atoms with van der Waals surface area (Å²) in [4.78, 5) is 4.23. The number of halogens is 1. The molecule has 2 N–H and O–H groups in total. The lowest BCUT2D eigenvalue weighted by molar-refractivity contribution is 0.414. The molecule has 0 bridgehead atoms. The number of nitrogens with one attached hydrogen (secondary N) is 2. The first kappa shape index (κ1) is 18.1. The number of methoxy groups -OCH3 is 1. The summed E-state index contributed by atoms with van der Waals surface area (Å²) in [5, 5.41) is 11.5. The Kier molecular flexibility index (Phi) is 6.93. The van der Waals surface area contributed by atoms with Crippen LogP contribution >= 0.6 is 11.6 Å². The van der Waals surface area contributed by atoms with Gasteiger partial charge in [0, 0.05) is 38.4 Å². The minimum atomic E-state index is 0.718. The number of hydrogen-bond acceptors (Lipinski definition) is 3. The van der Waals surface area contributed by atoms with Crippen molar-refractivity contribution >= 4 is 17.6 Å². The van der Waals surface area contributed by atoms with Crippen LogP contribution in [-0.2, 0) is 19.9 Å². The zero-order valence-corrected chi connectivity index (χ0v) is 15.1. The van der Waals surface area contributed by atoms with Gasteiger partial charge in [-0.1, -0.05) is 17.7 Å². The Morgan fingerprint density at radius 2 is 2.04 bits per heavy atom. The number of nitrogens with zero attached hydrogens (tertiary/aromatic N) is 3. The van der Waals surface area contributed by atoms with Gasteiger partial charge in [0.15, 0.2) is 5.96 Å². The van der Waals surface area contributed by atoms with Crippen LogP contribution in [0.25, 0.3) is 0 Å². The van der Waals surface area contributed by atoms with Crippen LogP contribution in [0.3, 0.4) is 0 Å². The summed E-state index contributed by atoms with van der Waals surface area (Å²) in [7, 11) is 5.32. The minimum Gasteiger partial charge on any atom is -0.497 e.